The first kappa shape index (κ1) is 17.5. The molecule has 0 aliphatic carbocycles. The maximum Gasteiger partial charge on any atom is 0.333 e. The van der Waals surface area contributed by atoms with Crippen LogP contribution in [-0.4, -0.2) is 46.4 Å². The quantitative estimate of drug-likeness (QED) is 0.448. The molecule has 0 aromatic carbocycles. The molecule has 98 valence electrons. The summed E-state index contributed by atoms with van der Waals surface area (Å²) in [5.74, 6) is -2.61. The smallest absolute Gasteiger partial charge is 0.333 e. The highest BCUT2D eigenvalue weighted by Gasteiger charge is 2.00. The average molecular weight is 248 g/mol. The van der Waals surface area contributed by atoms with Crippen molar-refractivity contribution in [3.05, 3.63) is 12.2 Å². The van der Waals surface area contributed by atoms with Gasteiger partial charge < -0.3 is 20.1 Å². The third-order valence-corrected chi connectivity index (χ3v) is 1.23. The van der Waals surface area contributed by atoms with Crippen molar-refractivity contribution in [3.8, 4) is 0 Å². The highest BCUT2D eigenvalue weighted by atomic mass is 16.5. The first-order chi connectivity index (χ1) is 7.81. The van der Waals surface area contributed by atoms with Gasteiger partial charge in [0.05, 0.1) is 19.4 Å². The monoisotopic (exact) mass is 248 g/mol. The molecule has 0 rings (SSSR count). The third-order valence-electron chi connectivity index (χ3n) is 1.23. The van der Waals surface area contributed by atoms with Gasteiger partial charge >= 0.3 is 17.9 Å². The Hall–Kier alpha value is -1.89. The number of carbonyl (C=O) groups is 3. The fourth-order valence-electron chi connectivity index (χ4n) is 0.475. The summed E-state index contributed by atoms with van der Waals surface area (Å²) in [5, 5.41) is 24.0. The van der Waals surface area contributed by atoms with Gasteiger partial charge in [0.1, 0.15) is 6.61 Å². The van der Waals surface area contributed by atoms with Gasteiger partial charge in [0.15, 0.2) is 0 Å². The van der Waals surface area contributed by atoms with E-state index in [0.29, 0.717) is 5.57 Å². The Morgan fingerprint density at radius 1 is 1.12 bits per heavy atom. The second-order valence-corrected chi connectivity index (χ2v) is 2.93. The third kappa shape index (κ3) is 16.8. The molecule has 0 saturated heterocycles. The number of aliphatic hydroxyl groups is 1. The van der Waals surface area contributed by atoms with Crippen molar-refractivity contribution in [2.24, 2.45) is 0 Å². The number of hydrogen-bond donors (Lipinski definition) is 3. The molecule has 0 atom stereocenters. The molecule has 0 saturated carbocycles. The number of rotatable bonds is 6. The lowest BCUT2D eigenvalue weighted by molar-refractivity contribution is -0.143. The fourth-order valence-corrected chi connectivity index (χ4v) is 0.475. The standard InChI is InChI=1S/C6H10O3.C4H6O4/c1-5(2)6(8)9-4-3-7;5-3(6)1-2-4(7)8/h7H,1,3-4H2,2H3;1-2H2,(H,5,6)(H,7,8). The molecule has 0 aliphatic rings. The van der Waals surface area contributed by atoms with Gasteiger partial charge in [0, 0.05) is 5.57 Å². The minimum atomic E-state index is -1.08. The van der Waals surface area contributed by atoms with Gasteiger partial charge in [0.2, 0.25) is 0 Å². The van der Waals surface area contributed by atoms with Crippen molar-refractivity contribution in [2.45, 2.75) is 19.8 Å². The Kier molecular flexibility index (Phi) is 10.9. The molecule has 0 radical (unpaired) electrons. The van der Waals surface area contributed by atoms with E-state index in [9.17, 15) is 14.4 Å². The molecule has 0 heterocycles. The Morgan fingerprint density at radius 3 is 1.76 bits per heavy atom. The minimum Gasteiger partial charge on any atom is -0.481 e. The Morgan fingerprint density at radius 2 is 1.53 bits per heavy atom. The normalized spacial score (nSPS) is 8.59. The zero-order chi connectivity index (χ0) is 13.8. The van der Waals surface area contributed by atoms with Crippen molar-refractivity contribution in [1.29, 1.82) is 0 Å². The zero-order valence-electron chi connectivity index (χ0n) is 9.51. The van der Waals surface area contributed by atoms with Crippen LogP contribution in [0.25, 0.3) is 0 Å². The molecule has 0 fully saturated rings. The van der Waals surface area contributed by atoms with Crippen LogP contribution in [0, 0.1) is 0 Å². The largest absolute Gasteiger partial charge is 0.481 e. The van der Waals surface area contributed by atoms with Crippen LogP contribution < -0.4 is 0 Å². The Bertz CT molecular complexity index is 268. The van der Waals surface area contributed by atoms with Gasteiger partial charge in [-0.3, -0.25) is 9.59 Å². The molecule has 0 spiro atoms. The number of aliphatic carboxylic acids is 2. The van der Waals surface area contributed by atoms with Crippen molar-refractivity contribution >= 4 is 17.9 Å². The number of carbonyl (C=O) groups excluding carboxylic acids is 1. The van der Waals surface area contributed by atoms with Gasteiger partial charge in [-0.2, -0.15) is 0 Å². The van der Waals surface area contributed by atoms with Crippen LogP contribution in [0.5, 0.6) is 0 Å². The Labute approximate surface area is 98.3 Å². The van der Waals surface area contributed by atoms with Crippen LogP contribution >= 0.6 is 0 Å². The van der Waals surface area contributed by atoms with Gasteiger partial charge in [-0.25, -0.2) is 4.79 Å². The molecule has 0 aromatic heterocycles. The maximum absolute atomic E-state index is 10.5. The molecular weight excluding hydrogens is 232 g/mol. The van der Waals surface area contributed by atoms with Crippen molar-refractivity contribution < 1.29 is 34.4 Å². The molecule has 7 heteroatoms. The van der Waals surface area contributed by atoms with Gasteiger partial charge in [0.25, 0.3) is 0 Å². The van der Waals surface area contributed by atoms with Crippen LogP contribution in [0.3, 0.4) is 0 Å². The highest BCUT2D eigenvalue weighted by molar-refractivity contribution is 5.86. The van der Waals surface area contributed by atoms with E-state index in [1.54, 1.807) is 6.92 Å². The number of carboxylic acids is 2. The van der Waals surface area contributed by atoms with E-state index < -0.39 is 17.9 Å². The number of ether oxygens (including phenoxy) is 1. The second-order valence-electron chi connectivity index (χ2n) is 2.93. The summed E-state index contributed by atoms with van der Waals surface area (Å²) in [7, 11) is 0. The first-order valence-electron chi connectivity index (χ1n) is 4.68. The second kappa shape index (κ2) is 10.6. The molecule has 0 bridgehead atoms. The topological polar surface area (TPSA) is 121 Å². The molecule has 0 aromatic rings. The zero-order valence-corrected chi connectivity index (χ0v) is 9.51. The first-order valence-corrected chi connectivity index (χ1v) is 4.68. The number of aliphatic hydroxyl groups excluding tert-OH is 1. The fraction of sp³-hybridized carbons (Fsp3) is 0.500. The Balaban J connectivity index is 0. The summed E-state index contributed by atoms with van der Waals surface area (Å²) in [6, 6.07) is 0. The van der Waals surface area contributed by atoms with Crippen LogP contribution in [0.4, 0.5) is 0 Å². The summed E-state index contributed by atoms with van der Waals surface area (Å²) in [5.41, 5.74) is 0.350. The molecule has 7 nitrogen and oxygen atoms in total. The van der Waals surface area contributed by atoms with Crippen LogP contribution in [0.1, 0.15) is 19.8 Å². The SMILES string of the molecule is C=C(C)C(=O)OCCO.O=C(O)CCC(=O)O. The number of carboxylic acid groups (broad SMARTS) is 2. The minimum absolute atomic E-state index is 0.0473. The van der Waals surface area contributed by atoms with Crippen LogP contribution in [0.2, 0.25) is 0 Å². The van der Waals surface area contributed by atoms with Crippen LogP contribution in [-0.2, 0) is 19.1 Å². The van der Waals surface area contributed by atoms with Gasteiger partial charge in [-0.1, -0.05) is 6.58 Å². The molecular formula is C10H16O7. The van der Waals surface area contributed by atoms with E-state index in [1.165, 1.54) is 0 Å². The van der Waals surface area contributed by atoms with E-state index in [4.69, 9.17) is 15.3 Å². The van der Waals surface area contributed by atoms with Gasteiger partial charge in [-0.05, 0) is 6.92 Å². The lowest BCUT2D eigenvalue weighted by Crippen LogP contribution is -2.08. The predicted molar refractivity (Wildman–Crippen MR) is 57.4 cm³/mol. The van der Waals surface area contributed by atoms with Gasteiger partial charge in [-0.15, -0.1) is 0 Å². The molecule has 0 amide bonds. The highest BCUT2D eigenvalue weighted by Crippen LogP contribution is 1.90. The maximum atomic E-state index is 10.5. The summed E-state index contributed by atoms with van der Waals surface area (Å²) < 4.78 is 4.46. The van der Waals surface area contributed by atoms with Crippen molar-refractivity contribution in [3.63, 3.8) is 0 Å². The van der Waals surface area contributed by atoms with Crippen molar-refractivity contribution in [1.82, 2.24) is 0 Å². The van der Waals surface area contributed by atoms with E-state index in [-0.39, 0.29) is 26.1 Å². The molecule has 17 heavy (non-hydrogen) atoms. The van der Waals surface area contributed by atoms with E-state index >= 15 is 0 Å². The average Bonchev–Trinajstić information content (AvgIpc) is 2.23. The van der Waals surface area contributed by atoms with E-state index in [1.807, 2.05) is 0 Å². The van der Waals surface area contributed by atoms with Crippen molar-refractivity contribution in [2.75, 3.05) is 13.2 Å². The number of hydrogen-bond acceptors (Lipinski definition) is 5. The predicted octanol–water partition coefficient (Wildman–Crippen LogP) is 0.0338. The molecule has 0 aliphatic heterocycles. The summed E-state index contributed by atoms with van der Waals surface area (Å²) in [6.07, 6.45) is -0.593. The van der Waals surface area contributed by atoms with Crippen LogP contribution in [0.15, 0.2) is 12.2 Å². The summed E-state index contributed by atoms with van der Waals surface area (Å²) >= 11 is 0. The van der Waals surface area contributed by atoms with E-state index in [2.05, 4.69) is 11.3 Å². The summed E-state index contributed by atoms with van der Waals surface area (Å²) in [4.78, 5) is 29.7. The van der Waals surface area contributed by atoms with E-state index in [0.717, 1.165) is 0 Å². The lowest BCUT2D eigenvalue weighted by Gasteiger charge is -1.99. The number of esters is 1. The molecule has 3 N–H and O–H groups in total. The molecule has 0 unspecified atom stereocenters. The lowest BCUT2D eigenvalue weighted by atomic mass is 10.3. The summed E-state index contributed by atoms with van der Waals surface area (Å²) in [6.45, 7) is 4.81.